The fourth-order valence-corrected chi connectivity index (χ4v) is 2.13. The van der Waals surface area contributed by atoms with E-state index in [9.17, 15) is 0 Å². The molecule has 0 saturated heterocycles. The van der Waals surface area contributed by atoms with Crippen LogP contribution in [0.5, 0.6) is 0 Å². The van der Waals surface area contributed by atoms with Crippen molar-refractivity contribution < 1.29 is 0 Å². The number of rotatable bonds is 4. The summed E-state index contributed by atoms with van der Waals surface area (Å²) >= 11 is 0. The van der Waals surface area contributed by atoms with Gasteiger partial charge in [-0.05, 0) is 31.0 Å². The summed E-state index contributed by atoms with van der Waals surface area (Å²) in [6, 6.07) is 8.65. The second-order valence-corrected chi connectivity index (χ2v) is 4.73. The van der Waals surface area contributed by atoms with Gasteiger partial charge in [0, 0.05) is 11.4 Å². The van der Waals surface area contributed by atoms with E-state index in [0.717, 1.165) is 11.9 Å². The van der Waals surface area contributed by atoms with E-state index >= 15 is 0 Å². The smallest absolute Gasteiger partial charge is 0.0932 e. The molecule has 0 aliphatic rings. The number of benzene rings is 1. The summed E-state index contributed by atoms with van der Waals surface area (Å²) in [5.74, 6) is 0.604. The molecule has 17 heavy (non-hydrogen) atoms. The lowest BCUT2D eigenvalue weighted by atomic mass is 9.95. The molecule has 1 aromatic heterocycles. The van der Waals surface area contributed by atoms with Crippen molar-refractivity contribution in [3.8, 4) is 0 Å². The highest BCUT2D eigenvalue weighted by Crippen LogP contribution is 2.18. The molecule has 90 valence electrons. The number of hydrogen-bond acceptors (Lipinski definition) is 3. The molecule has 2 rings (SSSR count). The zero-order chi connectivity index (χ0) is 12.3. The van der Waals surface area contributed by atoms with E-state index in [1.54, 1.807) is 0 Å². The summed E-state index contributed by atoms with van der Waals surface area (Å²) in [6.45, 7) is 4.47. The number of nitrogens with one attached hydrogen (secondary N) is 1. The van der Waals surface area contributed by atoms with Gasteiger partial charge in [-0.15, -0.1) is 0 Å². The Morgan fingerprint density at radius 2 is 2.00 bits per heavy atom. The highest BCUT2D eigenvalue weighted by Gasteiger charge is 2.13. The Balaban J connectivity index is 2.35. The van der Waals surface area contributed by atoms with E-state index in [0.29, 0.717) is 12.0 Å². The fraction of sp³-hybridized carbons (Fsp3) is 0.429. The molecule has 0 saturated carbocycles. The molecule has 1 N–H and O–H groups in total. The average Bonchev–Trinajstić information content (AvgIpc) is 2.35. The zero-order valence-electron chi connectivity index (χ0n) is 10.6. The van der Waals surface area contributed by atoms with Crippen LogP contribution in [0.4, 0.5) is 0 Å². The van der Waals surface area contributed by atoms with E-state index < -0.39 is 0 Å². The number of fused-ring (bicyclic) bond motifs is 1. The van der Waals surface area contributed by atoms with Gasteiger partial charge in [0.05, 0.1) is 11.7 Å². The molecule has 3 heteroatoms. The number of hydrogen-bond donors (Lipinski definition) is 1. The molecule has 0 spiro atoms. The first-order valence-electron chi connectivity index (χ1n) is 6.09. The number of nitrogens with zero attached hydrogens (tertiary/aromatic N) is 2. The molecule has 0 radical (unpaired) electrons. The minimum Gasteiger partial charge on any atom is -0.316 e. The maximum absolute atomic E-state index is 4.15. The van der Waals surface area contributed by atoms with Gasteiger partial charge in [-0.2, -0.15) is 10.2 Å². The molecule has 0 amide bonds. The van der Waals surface area contributed by atoms with Crippen molar-refractivity contribution in [1.29, 1.82) is 0 Å². The van der Waals surface area contributed by atoms with E-state index in [4.69, 9.17) is 0 Å². The van der Waals surface area contributed by atoms with Gasteiger partial charge in [0.1, 0.15) is 0 Å². The van der Waals surface area contributed by atoms with Gasteiger partial charge in [0.25, 0.3) is 0 Å². The lowest BCUT2D eigenvalue weighted by Crippen LogP contribution is -2.32. The van der Waals surface area contributed by atoms with E-state index in [1.165, 1.54) is 10.9 Å². The van der Waals surface area contributed by atoms with Crippen LogP contribution in [-0.2, 0) is 6.42 Å². The SMILES string of the molecule is CNC(Cc1cnnc2ccccc12)C(C)C. The van der Waals surface area contributed by atoms with Gasteiger partial charge in [-0.3, -0.25) is 0 Å². The molecule has 1 heterocycles. The minimum absolute atomic E-state index is 0.475. The lowest BCUT2D eigenvalue weighted by molar-refractivity contribution is 0.425. The van der Waals surface area contributed by atoms with Crippen LogP contribution in [0.2, 0.25) is 0 Å². The number of aromatic nitrogens is 2. The van der Waals surface area contributed by atoms with Crippen molar-refractivity contribution >= 4 is 10.9 Å². The minimum atomic E-state index is 0.475. The van der Waals surface area contributed by atoms with E-state index in [1.807, 2.05) is 25.4 Å². The third kappa shape index (κ3) is 2.61. The van der Waals surface area contributed by atoms with Gasteiger partial charge in [-0.25, -0.2) is 0 Å². The summed E-state index contributed by atoms with van der Waals surface area (Å²) in [4.78, 5) is 0. The molecule has 3 nitrogen and oxygen atoms in total. The molecule has 1 aromatic carbocycles. The molecule has 0 aliphatic carbocycles. The van der Waals surface area contributed by atoms with Crippen LogP contribution in [0.15, 0.2) is 30.5 Å². The first-order chi connectivity index (χ1) is 8.22. The lowest BCUT2D eigenvalue weighted by Gasteiger charge is -2.20. The third-order valence-electron chi connectivity index (χ3n) is 3.24. The Kier molecular flexibility index (Phi) is 3.69. The molecule has 0 fully saturated rings. The largest absolute Gasteiger partial charge is 0.316 e. The van der Waals surface area contributed by atoms with Crippen molar-refractivity contribution in [2.45, 2.75) is 26.3 Å². The summed E-state index contributed by atoms with van der Waals surface area (Å²) in [5.41, 5.74) is 2.24. The van der Waals surface area contributed by atoms with Crippen LogP contribution >= 0.6 is 0 Å². The Labute approximate surface area is 102 Å². The topological polar surface area (TPSA) is 37.8 Å². The standard InChI is InChI=1S/C14H19N3/c1-10(2)14(15-3)8-11-9-16-17-13-7-5-4-6-12(11)13/h4-7,9-10,14-15H,8H2,1-3H3. The van der Waals surface area contributed by atoms with Gasteiger partial charge < -0.3 is 5.32 Å². The number of likely N-dealkylation sites (N-methyl/N-ethyl adjacent to an activating group) is 1. The van der Waals surface area contributed by atoms with Crippen LogP contribution in [0.1, 0.15) is 19.4 Å². The second-order valence-electron chi connectivity index (χ2n) is 4.73. The predicted molar refractivity (Wildman–Crippen MR) is 70.9 cm³/mol. The summed E-state index contributed by atoms with van der Waals surface area (Å²) in [5, 5.41) is 12.8. The average molecular weight is 229 g/mol. The Hall–Kier alpha value is -1.48. The van der Waals surface area contributed by atoms with Gasteiger partial charge in [-0.1, -0.05) is 32.0 Å². The van der Waals surface area contributed by atoms with Gasteiger partial charge in [0.15, 0.2) is 0 Å². The molecule has 2 aromatic rings. The van der Waals surface area contributed by atoms with Crippen molar-refractivity contribution in [3.63, 3.8) is 0 Å². The molecule has 1 unspecified atom stereocenters. The van der Waals surface area contributed by atoms with Crippen molar-refractivity contribution in [1.82, 2.24) is 15.5 Å². The fourth-order valence-electron chi connectivity index (χ4n) is 2.13. The van der Waals surface area contributed by atoms with Crippen LogP contribution in [-0.4, -0.2) is 23.3 Å². The second kappa shape index (κ2) is 5.23. The van der Waals surface area contributed by atoms with Crippen LogP contribution in [0.25, 0.3) is 10.9 Å². The maximum atomic E-state index is 4.15. The van der Waals surface area contributed by atoms with Crippen LogP contribution in [0, 0.1) is 5.92 Å². The summed E-state index contributed by atoms with van der Waals surface area (Å²) in [6.07, 6.45) is 2.87. The van der Waals surface area contributed by atoms with E-state index in [-0.39, 0.29) is 0 Å². The van der Waals surface area contributed by atoms with Crippen molar-refractivity contribution in [2.24, 2.45) is 5.92 Å². The summed E-state index contributed by atoms with van der Waals surface area (Å²) < 4.78 is 0. The van der Waals surface area contributed by atoms with Crippen LogP contribution < -0.4 is 5.32 Å². The Morgan fingerprint density at radius 1 is 1.24 bits per heavy atom. The molecule has 0 bridgehead atoms. The van der Waals surface area contributed by atoms with Gasteiger partial charge in [0.2, 0.25) is 0 Å². The maximum Gasteiger partial charge on any atom is 0.0932 e. The van der Waals surface area contributed by atoms with Gasteiger partial charge >= 0.3 is 0 Å². The van der Waals surface area contributed by atoms with Crippen molar-refractivity contribution in [3.05, 3.63) is 36.0 Å². The van der Waals surface area contributed by atoms with E-state index in [2.05, 4.69) is 41.5 Å². The summed E-state index contributed by atoms with van der Waals surface area (Å²) in [7, 11) is 2.02. The van der Waals surface area contributed by atoms with Crippen LogP contribution in [0.3, 0.4) is 0 Å². The zero-order valence-corrected chi connectivity index (χ0v) is 10.6. The molecule has 0 aliphatic heterocycles. The third-order valence-corrected chi connectivity index (χ3v) is 3.24. The quantitative estimate of drug-likeness (QED) is 0.875. The monoisotopic (exact) mass is 229 g/mol. The first-order valence-corrected chi connectivity index (χ1v) is 6.09. The predicted octanol–water partition coefficient (Wildman–Crippen LogP) is 2.42. The highest BCUT2D eigenvalue weighted by molar-refractivity contribution is 5.81. The first kappa shape index (κ1) is 12.0. The molecular weight excluding hydrogens is 210 g/mol. The normalized spacial score (nSPS) is 13.2. The molecule has 1 atom stereocenters. The Morgan fingerprint density at radius 3 is 2.71 bits per heavy atom. The molecular formula is C14H19N3. The highest BCUT2D eigenvalue weighted by atomic mass is 15.1. The Bertz CT molecular complexity index is 488. The van der Waals surface area contributed by atoms with Crippen molar-refractivity contribution in [2.75, 3.05) is 7.05 Å².